The van der Waals surface area contributed by atoms with Gasteiger partial charge in [0.2, 0.25) is 11.9 Å². The molecule has 67 heteroatoms. The lowest BCUT2D eigenvalue weighted by Gasteiger charge is -2.26. The number of imidazole rings is 3. The Morgan fingerprint density at radius 1 is 0.471 bits per heavy atom. The SMILES string of the molecule is C#CCCCOP(=O)(NCCCN(C)C)OC[C@H]1O[C@@H](n2cnc3c(=O)[nH]c(N)nc32)C[C@@H]1OP(=O)(O)OC[C@H]1O[C@@H](n2cnc3c(N)ncnc32)C[C@@H]1OP(=O)(O)OC[C@H]1O[C@@H](n2cc(C)c(=O)[nH]c2=O)C[C@@H]1OP(=O)(O)OC[C@H]1O[C@@H](n2ccc(N)nc2=O)C[C@@H]1OP(=O)(O)OC[C@H]1O[C@@H](n2cnc3c(=O)[nH]c(N)nc32)C[C@@H]1OP(=O)(O)OC[C@H]1O[C@@H](n2cc(C)c(=O)[nH]c2=O)C[C@@H]1O. The molecule has 136 heavy (non-hydrogen) atoms. The summed E-state index contributed by atoms with van der Waals surface area (Å²) in [6, 6.07) is 1.17. The number of anilines is 4. The Hall–Kier alpha value is -9.41. The fraction of sp³-hybridized carbons (Fsp3) is 0.580. The molecule has 19 N–H and O–H groups in total. The zero-order valence-corrected chi connectivity index (χ0v) is 77.2. The van der Waals surface area contributed by atoms with E-state index in [1.165, 1.54) is 52.5 Å². The minimum Gasteiger partial charge on any atom is -0.390 e. The van der Waals surface area contributed by atoms with Crippen molar-refractivity contribution in [2.24, 2.45) is 0 Å². The molecule has 6 unspecified atom stereocenters. The van der Waals surface area contributed by atoms with Gasteiger partial charge in [-0.15, -0.1) is 12.3 Å². The topological polar surface area (TPSA) is 825 Å². The van der Waals surface area contributed by atoms with Crippen molar-refractivity contribution in [3.8, 4) is 12.3 Å². The molecule has 6 fully saturated rings. The Balaban J connectivity index is 0.637. The number of nitrogens with zero attached hydrogens (tertiary/aromatic N) is 15. The predicted molar refractivity (Wildman–Crippen MR) is 459 cm³/mol. The number of hydrogen-bond donors (Lipinski definition) is 15. The molecule has 6 aliphatic rings. The first-order valence-electron chi connectivity index (χ1n) is 41.3. The number of terminal acetylenes is 1. The number of fused-ring (bicyclic) bond motifs is 3. The molecule has 6 aliphatic heterocycles. The van der Waals surface area contributed by atoms with E-state index in [2.05, 4.69) is 70.8 Å². The van der Waals surface area contributed by atoms with Gasteiger partial charge in [0.1, 0.15) is 122 Å². The first kappa shape index (κ1) is 101. The van der Waals surface area contributed by atoms with E-state index in [-0.39, 0.29) is 107 Å². The van der Waals surface area contributed by atoms with E-state index in [0.717, 1.165) is 38.7 Å². The van der Waals surface area contributed by atoms with E-state index < -0.39 is 262 Å². The van der Waals surface area contributed by atoms with E-state index in [1.54, 1.807) is 0 Å². The summed E-state index contributed by atoms with van der Waals surface area (Å²) in [5, 5.41) is 13.7. The van der Waals surface area contributed by atoms with E-state index in [4.69, 9.17) is 112 Å². The van der Waals surface area contributed by atoms with Gasteiger partial charge in [0, 0.05) is 81.2 Å². The van der Waals surface area contributed by atoms with E-state index in [9.17, 15) is 90.5 Å². The first-order chi connectivity index (χ1) is 64.3. The number of phosphoric ester groups is 5. The molecular formula is C69H94N24O37P6. The van der Waals surface area contributed by atoms with Crippen molar-refractivity contribution in [2.75, 3.05) is 96.4 Å². The van der Waals surface area contributed by atoms with E-state index in [0.29, 0.717) is 13.0 Å². The molecule has 0 saturated carbocycles. The van der Waals surface area contributed by atoms with Crippen molar-refractivity contribution >= 4 is 104 Å². The van der Waals surface area contributed by atoms with Crippen LogP contribution in [0.1, 0.15) is 106 Å². The minimum absolute atomic E-state index is 0.0562. The summed E-state index contributed by atoms with van der Waals surface area (Å²) in [6.07, 6.45) is -16.5. The molecule has 6 saturated heterocycles. The van der Waals surface area contributed by atoms with Gasteiger partial charge in [-0.2, -0.15) is 15.0 Å². The maximum atomic E-state index is 14.6. The van der Waals surface area contributed by atoms with Gasteiger partial charge in [0.15, 0.2) is 33.8 Å². The largest absolute Gasteiger partial charge is 0.472 e. The third-order valence-electron chi connectivity index (χ3n) is 22.0. The van der Waals surface area contributed by atoms with Crippen molar-refractivity contribution in [3.63, 3.8) is 0 Å². The summed E-state index contributed by atoms with van der Waals surface area (Å²) in [5.41, 5.74) is 17.1. The summed E-state index contributed by atoms with van der Waals surface area (Å²) in [5.74, 6) is 1.45. The van der Waals surface area contributed by atoms with Crippen LogP contribution in [-0.4, -0.2) is 268 Å². The number of aromatic amines is 4. The van der Waals surface area contributed by atoms with Crippen LogP contribution in [0.5, 0.6) is 0 Å². The molecule has 24 atom stereocenters. The molecule has 9 aromatic heterocycles. The monoisotopic (exact) mass is 2040 g/mol. The highest BCUT2D eigenvalue weighted by Gasteiger charge is 2.52. The van der Waals surface area contributed by atoms with Crippen molar-refractivity contribution in [1.82, 2.24) is 97.2 Å². The number of aromatic nitrogens is 18. The van der Waals surface area contributed by atoms with Crippen LogP contribution in [0, 0.1) is 26.2 Å². The fourth-order valence-electron chi connectivity index (χ4n) is 15.4. The Labute approximate surface area is 762 Å². The number of rotatable bonds is 43. The molecule has 9 aromatic rings. The molecule has 0 amide bonds. The molecule has 0 spiro atoms. The maximum absolute atomic E-state index is 14.6. The van der Waals surface area contributed by atoms with Crippen molar-refractivity contribution in [3.05, 3.63) is 134 Å². The van der Waals surface area contributed by atoms with Crippen LogP contribution in [0.2, 0.25) is 0 Å². The minimum atomic E-state index is -5.70. The normalized spacial score (nSPS) is 28.0. The molecule has 15 heterocycles. The zero-order chi connectivity index (χ0) is 97.4. The lowest BCUT2D eigenvalue weighted by molar-refractivity contribution is -0.0650. The lowest BCUT2D eigenvalue weighted by Crippen LogP contribution is -2.33. The van der Waals surface area contributed by atoms with Crippen LogP contribution in [0.25, 0.3) is 33.5 Å². The molecule has 0 radical (unpaired) electrons. The maximum Gasteiger partial charge on any atom is 0.472 e. The Morgan fingerprint density at radius 2 is 0.846 bits per heavy atom. The van der Waals surface area contributed by atoms with E-state index in [1.807, 2.05) is 19.0 Å². The number of aryl methyl sites for hydroxylation is 2. The Kier molecular flexibility index (Phi) is 30.9. The summed E-state index contributed by atoms with van der Waals surface area (Å²) in [4.78, 5) is 192. The number of phosphoric acid groups is 5. The summed E-state index contributed by atoms with van der Waals surface area (Å²) < 4.78 is 197. The molecule has 0 aliphatic carbocycles. The van der Waals surface area contributed by atoms with Crippen molar-refractivity contribution < 1.29 is 140 Å². The van der Waals surface area contributed by atoms with Crippen molar-refractivity contribution in [2.45, 2.75) is 182 Å². The molecule has 742 valence electrons. The second-order valence-electron chi connectivity index (χ2n) is 31.9. The van der Waals surface area contributed by atoms with Gasteiger partial charge >= 0.3 is 63.9 Å². The number of aliphatic hydroxyl groups excluding tert-OH is 1. The number of nitrogens with one attached hydrogen (secondary N) is 5. The number of nitrogens with two attached hydrogens (primary N) is 4. The summed E-state index contributed by atoms with van der Waals surface area (Å²) in [7, 11) is -28.4. The van der Waals surface area contributed by atoms with Gasteiger partial charge < -0.3 is 85.8 Å². The van der Waals surface area contributed by atoms with Gasteiger partial charge in [-0.25, -0.2) is 71.8 Å². The number of aliphatic hydroxyl groups is 1. The zero-order valence-electron chi connectivity index (χ0n) is 71.9. The highest BCUT2D eigenvalue weighted by Crippen LogP contribution is 2.57. The smallest absolute Gasteiger partial charge is 0.390 e. The average molecular weight is 2040 g/mol. The predicted octanol–water partition coefficient (Wildman–Crippen LogP) is -0.911. The first-order valence-corrected chi connectivity index (χ1v) is 50.3. The Bertz CT molecular complexity index is 6700. The highest BCUT2D eigenvalue weighted by atomic mass is 31.2. The third-order valence-corrected chi connectivity index (χ3v) is 28.7. The number of ether oxygens (including phenoxy) is 6. The van der Waals surface area contributed by atoms with Crippen LogP contribution in [0.15, 0.2) is 83.5 Å². The van der Waals surface area contributed by atoms with Gasteiger partial charge in [0.05, 0.1) is 71.3 Å². The fourth-order valence-corrected chi connectivity index (χ4v) is 21.6. The summed E-state index contributed by atoms with van der Waals surface area (Å²) in [6.45, 7) is -2.68. The van der Waals surface area contributed by atoms with Crippen LogP contribution < -0.4 is 67.3 Å². The third kappa shape index (κ3) is 24.2. The molecular weight excluding hydrogens is 1940 g/mol. The second-order valence-corrected chi connectivity index (χ2v) is 40.8. The van der Waals surface area contributed by atoms with Crippen LogP contribution in [0.3, 0.4) is 0 Å². The Morgan fingerprint density at radius 3 is 1.26 bits per heavy atom. The molecule has 0 bridgehead atoms. The summed E-state index contributed by atoms with van der Waals surface area (Å²) >= 11 is 0. The van der Waals surface area contributed by atoms with Gasteiger partial charge in [0.25, 0.3) is 22.2 Å². The van der Waals surface area contributed by atoms with Crippen LogP contribution in [0.4, 0.5) is 23.5 Å². The molecule has 0 aromatic carbocycles. The van der Waals surface area contributed by atoms with Gasteiger partial charge in [-0.05, 0) is 53.4 Å². The van der Waals surface area contributed by atoms with Gasteiger partial charge in [-0.1, -0.05) is 0 Å². The number of hydrogen-bond acceptors (Lipinski definition) is 45. The standard InChI is InChI=1S/C69H94N24O37P6/c1-6-7-8-14-113-131(102,79-11-9-12-87(4)5)114-24-42-38(19-52(123-42)92-31-77-55-59(92)81-65(72)83-63(55)97)128-135(109,110)118-27-45-39(18-51(124-45)91-30-76-54-57(71)74-29-75-58(54)91)130-136(111,112)117-26-44-37(17-50(122-44)90-22-34(3)62(96)86-69(90)101)127-134(107,108)116-25-43-36(16-49(121-43)88-13-10-47(70)80-67(88)99)126-133(105,106)119-28-46-40(20-53(125-46)93-32-78-56-60(93)82-66(73)84-64(56)98)129-132(103,104)115-23-41-35(94)15-48(120-41)89-21-33(2)61(95)85-68(89)100/h1,10,13,21-22,29-32,35-46,48-53,94H,7-9,11-12,14-20,23-28H2,2-5H3,(H,79,102)(H,103,104)(H,105,106)(H,107,108)(H,109,110)(H,111,112)(H2,70,80,99)(H2,71,74,75)(H,85,95,100)(H,86,96,101)(H3,72,81,83,97)(H3,73,82,84,98)/t35-,36-,37-,38-,39-,40-,41+,42+,43+,44+,45+,46+,48+,49+,50+,51+,52+,53+,131?/m0/s1. The number of unbranched alkanes of at least 4 members (excludes halogenated alkanes) is 1. The molecule has 61 nitrogen and oxygen atoms in total. The quantitative estimate of drug-likeness (QED) is 0.0125. The van der Waals surface area contributed by atoms with Crippen LogP contribution >= 0.6 is 46.9 Å². The number of nitrogen functional groups attached to an aromatic ring is 4. The highest BCUT2D eigenvalue weighted by molar-refractivity contribution is 7.51. The average Bonchev–Trinajstić information content (AvgIpc) is 1.62. The van der Waals surface area contributed by atoms with Crippen molar-refractivity contribution in [1.29, 1.82) is 0 Å². The number of H-pyrrole nitrogens is 4. The molecule has 15 rings (SSSR count). The van der Waals surface area contributed by atoms with Crippen LogP contribution in [-0.2, 0) is 110 Å². The van der Waals surface area contributed by atoms with E-state index >= 15 is 0 Å². The second kappa shape index (κ2) is 41.6. The van der Waals surface area contributed by atoms with Gasteiger partial charge in [-0.3, -0.25) is 121 Å². The lowest BCUT2D eigenvalue weighted by atomic mass is 10.2.